The van der Waals surface area contributed by atoms with Gasteiger partial charge in [0.25, 0.3) is 0 Å². The van der Waals surface area contributed by atoms with Crippen LogP contribution >= 0.6 is 0 Å². The third kappa shape index (κ3) is 3.08. The number of aliphatic carboxylic acids is 1. The summed E-state index contributed by atoms with van der Waals surface area (Å²) in [7, 11) is 0. The Hall–Kier alpha value is -1.85. The van der Waals surface area contributed by atoms with Crippen molar-refractivity contribution in [1.29, 1.82) is 0 Å². The monoisotopic (exact) mass is 226 g/mol. The van der Waals surface area contributed by atoms with E-state index in [9.17, 15) is 9.59 Å². The summed E-state index contributed by atoms with van der Waals surface area (Å²) in [5, 5.41) is 12.6. The first-order chi connectivity index (χ1) is 7.54. The van der Waals surface area contributed by atoms with Gasteiger partial charge in [0.05, 0.1) is 19.1 Å². The first-order valence-corrected chi connectivity index (χ1v) is 4.98. The van der Waals surface area contributed by atoms with Crippen LogP contribution in [0.2, 0.25) is 0 Å². The Morgan fingerprint density at radius 1 is 1.62 bits per heavy atom. The van der Waals surface area contributed by atoms with Crippen LogP contribution in [-0.4, -0.2) is 33.4 Å². The number of hydrogen-bond donors (Lipinski definition) is 1. The van der Waals surface area contributed by atoms with E-state index in [0.717, 1.165) is 0 Å². The second-order valence-electron chi connectivity index (χ2n) is 3.35. The number of aromatic nitrogens is 2. The molecule has 0 aliphatic rings. The second-order valence-corrected chi connectivity index (χ2v) is 3.35. The van der Waals surface area contributed by atoms with E-state index in [1.54, 1.807) is 20.0 Å². The molecule has 0 aromatic carbocycles. The van der Waals surface area contributed by atoms with Gasteiger partial charge in [-0.2, -0.15) is 5.10 Å². The van der Waals surface area contributed by atoms with Gasteiger partial charge in [-0.25, -0.2) is 4.79 Å². The molecule has 1 aromatic heterocycles. The number of rotatable bonds is 5. The molecular weight excluding hydrogens is 212 g/mol. The molecule has 0 aliphatic carbocycles. The average Bonchev–Trinajstić information content (AvgIpc) is 2.65. The number of carbonyl (C=O) groups excluding carboxylic acids is 1. The molecule has 0 bridgehead atoms. The van der Waals surface area contributed by atoms with Gasteiger partial charge in [-0.3, -0.25) is 9.48 Å². The van der Waals surface area contributed by atoms with Crippen molar-refractivity contribution in [1.82, 2.24) is 9.78 Å². The highest BCUT2D eigenvalue weighted by Crippen LogP contribution is 2.10. The second kappa shape index (κ2) is 5.29. The van der Waals surface area contributed by atoms with Gasteiger partial charge in [0, 0.05) is 6.20 Å². The van der Waals surface area contributed by atoms with E-state index in [-0.39, 0.29) is 24.8 Å². The number of ether oxygens (including phenoxy) is 1. The van der Waals surface area contributed by atoms with Crippen molar-refractivity contribution in [2.24, 2.45) is 0 Å². The molecule has 0 saturated carbocycles. The highest BCUT2D eigenvalue weighted by Gasteiger charge is 2.14. The lowest BCUT2D eigenvalue weighted by molar-refractivity contribution is -0.137. The molecule has 1 rings (SSSR count). The van der Waals surface area contributed by atoms with Crippen LogP contribution in [0.3, 0.4) is 0 Å². The first-order valence-electron chi connectivity index (χ1n) is 4.98. The van der Waals surface area contributed by atoms with Crippen molar-refractivity contribution in [2.75, 3.05) is 6.61 Å². The lowest BCUT2D eigenvalue weighted by Gasteiger charge is -2.08. The smallest absolute Gasteiger partial charge is 0.358 e. The number of carbonyl (C=O) groups is 2. The Labute approximate surface area is 92.8 Å². The van der Waals surface area contributed by atoms with E-state index >= 15 is 0 Å². The van der Waals surface area contributed by atoms with Gasteiger partial charge in [-0.1, -0.05) is 0 Å². The summed E-state index contributed by atoms with van der Waals surface area (Å²) in [6, 6.07) is 1.22. The Balaban J connectivity index is 2.70. The van der Waals surface area contributed by atoms with Gasteiger partial charge in [-0.15, -0.1) is 0 Å². The van der Waals surface area contributed by atoms with E-state index in [1.807, 2.05) is 0 Å². The fourth-order valence-electron chi connectivity index (χ4n) is 1.24. The SMILES string of the molecule is CCOC(=O)c1ccn([C@@H](C)CC(=O)O)n1. The zero-order chi connectivity index (χ0) is 12.1. The summed E-state index contributed by atoms with van der Waals surface area (Å²) in [6.07, 6.45) is 1.53. The van der Waals surface area contributed by atoms with Crippen molar-refractivity contribution in [3.8, 4) is 0 Å². The Bertz CT molecular complexity index is 386. The van der Waals surface area contributed by atoms with Gasteiger partial charge in [0.1, 0.15) is 0 Å². The molecule has 6 heteroatoms. The molecule has 0 unspecified atom stereocenters. The van der Waals surface area contributed by atoms with Gasteiger partial charge in [-0.05, 0) is 19.9 Å². The van der Waals surface area contributed by atoms with Gasteiger partial charge in [0.2, 0.25) is 0 Å². The van der Waals surface area contributed by atoms with Crippen LogP contribution in [0.15, 0.2) is 12.3 Å². The van der Waals surface area contributed by atoms with E-state index in [4.69, 9.17) is 9.84 Å². The zero-order valence-corrected chi connectivity index (χ0v) is 9.21. The van der Waals surface area contributed by atoms with Gasteiger partial charge < -0.3 is 9.84 Å². The van der Waals surface area contributed by atoms with Crippen LogP contribution in [0, 0.1) is 0 Å². The van der Waals surface area contributed by atoms with Crippen molar-refractivity contribution in [3.05, 3.63) is 18.0 Å². The molecule has 1 aromatic rings. The fourth-order valence-corrected chi connectivity index (χ4v) is 1.24. The number of hydrogen-bond acceptors (Lipinski definition) is 4. The van der Waals surface area contributed by atoms with Crippen molar-refractivity contribution >= 4 is 11.9 Å². The number of carboxylic acids is 1. The topological polar surface area (TPSA) is 81.4 Å². The number of carboxylic acid groups (broad SMARTS) is 1. The normalized spacial score (nSPS) is 12.1. The van der Waals surface area contributed by atoms with Crippen molar-refractivity contribution in [2.45, 2.75) is 26.3 Å². The summed E-state index contributed by atoms with van der Waals surface area (Å²) in [5.74, 6) is -1.40. The summed E-state index contributed by atoms with van der Waals surface area (Å²) >= 11 is 0. The van der Waals surface area contributed by atoms with Gasteiger partial charge in [0.15, 0.2) is 5.69 Å². The molecule has 0 amide bonds. The highest BCUT2D eigenvalue weighted by molar-refractivity contribution is 5.87. The minimum atomic E-state index is -0.902. The maximum atomic E-state index is 11.3. The molecule has 1 heterocycles. The maximum absolute atomic E-state index is 11.3. The Kier molecular flexibility index (Phi) is 4.04. The quantitative estimate of drug-likeness (QED) is 0.760. The Morgan fingerprint density at radius 2 is 2.31 bits per heavy atom. The molecule has 88 valence electrons. The van der Waals surface area contributed by atoms with E-state index in [0.29, 0.717) is 0 Å². The standard InChI is InChI=1S/C10H14N2O4/c1-3-16-10(15)8-4-5-12(11-8)7(2)6-9(13)14/h4-5,7H,3,6H2,1-2H3,(H,13,14)/t7-/m0/s1. The summed E-state index contributed by atoms with van der Waals surface area (Å²) in [5.41, 5.74) is 0.194. The van der Waals surface area contributed by atoms with Gasteiger partial charge >= 0.3 is 11.9 Å². The van der Waals surface area contributed by atoms with Crippen molar-refractivity contribution in [3.63, 3.8) is 0 Å². The van der Waals surface area contributed by atoms with Crippen LogP contribution in [0.4, 0.5) is 0 Å². The molecule has 16 heavy (non-hydrogen) atoms. The maximum Gasteiger partial charge on any atom is 0.358 e. The predicted molar refractivity (Wildman–Crippen MR) is 55.1 cm³/mol. The zero-order valence-electron chi connectivity index (χ0n) is 9.21. The predicted octanol–water partition coefficient (Wildman–Crippen LogP) is 1.10. The third-order valence-corrected chi connectivity index (χ3v) is 2.01. The van der Waals surface area contributed by atoms with Crippen LogP contribution in [0.25, 0.3) is 0 Å². The summed E-state index contributed by atoms with van der Waals surface area (Å²) < 4.78 is 6.22. The highest BCUT2D eigenvalue weighted by atomic mass is 16.5. The molecule has 6 nitrogen and oxygen atoms in total. The van der Waals surface area contributed by atoms with Crippen LogP contribution < -0.4 is 0 Å². The van der Waals surface area contributed by atoms with Crippen LogP contribution in [-0.2, 0) is 9.53 Å². The van der Waals surface area contributed by atoms with Crippen molar-refractivity contribution < 1.29 is 19.4 Å². The summed E-state index contributed by atoms with van der Waals surface area (Å²) in [6.45, 7) is 3.72. The molecule has 0 spiro atoms. The number of esters is 1. The average molecular weight is 226 g/mol. The minimum absolute atomic E-state index is 0.0378. The largest absolute Gasteiger partial charge is 0.481 e. The Morgan fingerprint density at radius 3 is 2.88 bits per heavy atom. The van der Waals surface area contributed by atoms with Crippen LogP contribution in [0.1, 0.15) is 36.8 Å². The van der Waals surface area contributed by atoms with Crippen LogP contribution in [0.5, 0.6) is 0 Å². The molecule has 0 fully saturated rings. The molecule has 1 atom stereocenters. The molecule has 0 saturated heterocycles. The third-order valence-electron chi connectivity index (χ3n) is 2.01. The molecule has 0 radical (unpaired) electrons. The summed E-state index contributed by atoms with van der Waals surface area (Å²) in [4.78, 5) is 21.8. The number of nitrogens with zero attached hydrogens (tertiary/aromatic N) is 2. The molecule has 0 aliphatic heterocycles. The fraction of sp³-hybridized carbons (Fsp3) is 0.500. The molecular formula is C10H14N2O4. The molecule has 1 N–H and O–H groups in total. The van der Waals surface area contributed by atoms with E-state index in [1.165, 1.54) is 10.7 Å². The minimum Gasteiger partial charge on any atom is -0.481 e. The van der Waals surface area contributed by atoms with E-state index < -0.39 is 11.9 Å². The van der Waals surface area contributed by atoms with E-state index in [2.05, 4.69) is 5.10 Å². The first kappa shape index (κ1) is 12.2. The lowest BCUT2D eigenvalue weighted by Crippen LogP contribution is -2.12. The lowest BCUT2D eigenvalue weighted by atomic mass is 10.2.